The molecule has 0 aliphatic rings. The number of thioether (sulfide) groups is 1. The Hall–Kier alpha value is -0.380. The van der Waals surface area contributed by atoms with E-state index < -0.39 is 5.97 Å². The molecular formula is C11H12Cl2O2S. The van der Waals surface area contributed by atoms with Crippen LogP contribution in [0, 0.1) is 5.92 Å². The topological polar surface area (TPSA) is 37.3 Å². The lowest BCUT2D eigenvalue weighted by atomic mass is 10.2. The summed E-state index contributed by atoms with van der Waals surface area (Å²) in [6.07, 6.45) is 0. The molecule has 0 amide bonds. The number of hydrogen-bond donors (Lipinski definition) is 1. The van der Waals surface area contributed by atoms with Gasteiger partial charge in [0.15, 0.2) is 0 Å². The average Bonchev–Trinajstić information content (AvgIpc) is 2.22. The molecule has 0 radical (unpaired) electrons. The first kappa shape index (κ1) is 13.7. The number of benzene rings is 1. The number of hydrogen-bond acceptors (Lipinski definition) is 2. The Morgan fingerprint density at radius 3 is 2.50 bits per heavy atom. The van der Waals surface area contributed by atoms with Crippen LogP contribution in [0.5, 0.6) is 0 Å². The maximum atomic E-state index is 10.6. The molecule has 1 rings (SSSR count). The number of carbonyl (C=O) groups is 1. The lowest BCUT2D eigenvalue weighted by Crippen LogP contribution is -2.11. The summed E-state index contributed by atoms with van der Waals surface area (Å²) in [6.45, 7) is 1.68. The number of rotatable bonds is 5. The summed E-state index contributed by atoms with van der Waals surface area (Å²) in [6, 6.07) is 5.35. The predicted octanol–water partition coefficient (Wildman–Crippen LogP) is 3.95. The highest BCUT2D eigenvalue weighted by molar-refractivity contribution is 7.98. The van der Waals surface area contributed by atoms with Crippen molar-refractivity contribution in [2.75, 3.05) is 5.75 Å². The van der Waals surface area contributed by atoms with Crippen LogP contribution in [0.3, 0.4) is 0 Å². The summed E-state index contributed by atoms with van der Waals surface area (Å²) in [4.78, 5) is 10.6. The van der Waals surface area contributed by atoms with Gasteiger partial charge in [0.1, 0.15) is 0 Å². The Balaban J connectivity index is 2.52. The van der Waals surface area contributed by atoms with Gasteiger partial charge >= 0.3 is 5.97 Å². The normalized spacial score (nSPS) is 12.4. The second-order valence-corrected chi connectivity index (χ2v) is 5.30. The minimum atomic E-state index is -0.780. The van der Waals surface area contributed by atoms with Crippen LogP contribution in [0.25, 0.3) is 0 Å². The van der Waals surface area contributed by atoms with Gasteiger partial charge in [-0.05, 0) is 17.7 Å². The number of aliphatic carboxylic acids is 1. The third kappa shape index (κ3) is 3.89. The smallest absolute Gasteiger partial charge is 0.307 e. The molecule has 1 aromatic rings. The van der Waals surface area contributed by atoms with Crippen LogP contribution in [-0.2, 0) is 10.5 Å². The molecular weight excluding hydrogens is 267 g/mol. The summed E-state index contributed by atoms with van der Waals surface area (Å²) in [5, 5.41) is 9.98. The largest absolute Gasteiger partial charge is 0.481 e. The van der Waals surface area contributed by atoms with E-state index in [0.29, 0.717) is 21.6 Å². The molecule has 0 aliphatic heterocycles. The molecule has 0 saturated carbocycles. The Morgan fingerprint density at radius 2 is 2.00 bits per heavy atom. The van der Waals surface area contributed by atoms with Gasteiger partial charge in [0, 0.05) is 21.6 Å². The summed E-state index contributed by atoms with van der Waals surface area (Å²) in [7, 11) is 0. The molecule has 88 valence electrons. The van der Waals surface area contributed by atoms with Gasteiger partial charge in [-0.25, -0.2) is 0 Å². The molecule has 1 atom stereocenters. The Labute approximate surface area is 109 Å². The van der Waals surface area contributed by atoms with E-state index in [9.17, 15) is 4.79 Å². The molecule has 1 N–H and O–H groups in total. The van der Waals surface area contributed by atoms with E-state index in [1.165, 1.54) is 11.8 Å². The Morgan fingerprint density at radius 1 is 1.44 bits per heavy atom. The maximum Gasteiger partial charge on any atom is 0.307 e. The fraction of sp³-hybridized carbons (Fsp3) is 0.364. The lowest BCUT2D eigenvalue weighted by molar-refractivity contribution is -0.140. The number of halogens is 2. The number of carboxylic acid groups (broad SMARTS) is 1. The minimum absolute atomic E-state index is 0.355. The zero-order chi connectivity index (χ0) is 12.1. The highest BCUT2D eigenvalue weighted by atomic mass is 35.5. The fourth-order valence-corrected chi connectivity index (χ4v) is 2.90. The SMILES string of the molecule is CC(CSCc1c(Cl)cccc1Cl)C(=O)O. The highest BCUT2D eigenvalue weighted by Crippen LogP contribution is 2.28. The van der Waals surface area contributed by atoms with Crippen LogP contribution in [-0.4, -0.2) is 16.8 Å². The molecule has 5 heteroatoms. The van der Waals surface area contributed by atoms with Crippen LogP contribution in [0.2, 0.25) is 10.0 Å². The third-order valence-corrected chi connectivity index (χ3v) is 4.03. The molecule has 0 bridgehead atoms. The summed E-state index contributed by atoms with van der Waals surface area (Å²) in [5.41, 5.74) is 0.869. The highest BCUT2D eigenvalue weighted by Gasteiger charge is 2.12. The molecule has 1 unspecified atom stereocenters. The molecule has 2 nitrogen and oxygen atoms in total. The van der Waals surface area contributed by atoms with Gasteiger partial charge in [0.25, 0.3) is 0 Å². The van der Waals surface area contributed by atoms with Crippen LogP contribution in [0.15, 0.2) is 18.2 Å². The van der Waals surface area contributed by atoms with Crippen molar-refractivity contribution in [1.29, 1.82) is 0 Å². The van der Waals surface area contributed by atoms with Gasteiger partial charge in [-0.2, -0.15) is 11.8 Å². The molecule has 16 heavy (non-hydrogen) atoms. The maximum absolute atomic E-state index is 10.6. The van der Waals surface area contributed by atoms with Crippen molar-refractivity contribution >= 4 is 40.9 Å². The second-order valence-electron chi connectivity index (χ2n) is 3.45. The Kier molecular flexibility index (Phi) is 5.46. The zero-order valence-corrected chi connectivity index (χ0v) is 11.1. The van der Waals surface area contributed by atoms with Crippen molar-refractivity contribution in [3.8, 4) is 0 Å². The van der Waals surface area contributed by atoms with Crippen molar-refractivity contribution in [1.82, 2.24) is 0 Å². The van der Waals surface area contributed by atoms with Gasteiger partial charge < -0.3 is 5.11 Å². The van der Waals surface area contributed by atoms with Gasteiger partial charge in [-0.3, -0.25) is 4.79 Å². The van der Waals surface area contributed by atoms with Gasteiger partial charge in [0.2, 0.25) is 0 Å². The van der Waals surface area contributed by atoms with Gasteiger partial charge in [0.05, 0.1) is 5.92 Å². The summed E-state index contributed by atoms with van der Waals surface area (Å²) in [5.74, 6) is 0.0523. The number of carboxylic acids is 1. The first-order valence-corrected chi connectivity index (χ1v) is 6.67. The standard InChI is InChI=1S/C11H12Cl2O2S/c1-7(11(14)15)5-16-6-8-9(12)3-2-4-10(8)13/h2-4,7H,5-6H2,1H3,(H,14,15). The van der Waals surface area contributed by atoms with E-state index >= 15 is 0 Å². The predicted molar refractivity (Wildman–Crippen MR) is 69.4 cm³/mol. The monoisotopic (exact) mass is 278 g/mol. The van der Waals surface area contributed by atoms with E-state index in [1.54, 1.807) is 25.1 Å². The lowest BCUT2D eigenvalue weighted by Gasteiger charge is -2.08. The Bertz CT molecular complexity index is 362. The van der Waals surface area contributed by atoms with Crippen molar-refractivity contribution in [3.05, 3.63) is 33.8 Å². The molecule has 0 fully saturated rings. The average molecular weight is 279 g/mol. The first-order chi connectivity index (χ1) is 7.52. The minimum Gasteiger partial charge on any atom is -0.481 e. The van der Waals surface area contributed by atoms with Gasteiger partial charge in [-0.1, -0.05) is 36.2 Å². The quantitative estimate of drug-likeness (QED) is 0.886. The van der Waals surface area contributed by atoms with Crippen LogP contribution in [0.4, 0.5) is 0 Å². The van der Waals surface area contributed by atoms with Crippen LogP contribution < -0.4 is 0 Å². The van der Waals surface area contributed by atoms with E-state index in [-0.39, 0.29) is 5.92 Å². The fourth-order valence-electron chi connectivity index (χ4n) is 1.08. The molecule has 0 spiro atoms. The molecule has 1 aromatic carbocycles. The van der Waals surface area contributed by atoms with E-state index in [4.69, 9.17) is 28.3 Å². The van der Waals surface area contributed by atoms with Crippen molar-refractivity contribution < 1.29 is 9.90 Å². The van der Waals surface area contributed by atoms with Crippen molar-refractivity contribution in [2.24, 2.45) is 5.92 Å². The van der Waals surface area contributed by atoms with E-state index in [1.807, 2.05) is 0 Å². The molecule has 0 saturated heterocycles. The van der Waals surface area contributed by atoms with E-state index in [0.717, 1.165) is 5.56 Å². The summed E-state index contributed by atoms with van der Waals surface area (Å²) < 4.78 is 0. The van der Waals surface area contributed by atoms with Crippen LogP contribution >= 0.6 is 35.0 Å². The molecule has 0 heterocycles. The third-order valence-electron chi connectivity index (χ3n) is 2.10. The molecule has 0 aliphatic carbocycles. The first-order valence-electron chi connectivity index (χ1n) is 4.75. The van der Waals surface area contributed by atoms with Crippen molar-refractivity contribution in [3.63, 3.8) is 0 Å². The van der Waals surface area contributed by atoms with Crippen LogP contribution in [0.1, 0.15) is 12.5 Å². The van der Waals surface area contributed by atoms with Crippen molar-refractivity contribution in [2.45, 2.75) is 12.7 Å². The zero-order valence-electron chi connectivity index (χ0n) is 8.74. The van der Waals surface area contributed by atoms with E-state index in [2.05, 4.69) is 0 Å². The molecule has 0 aromatic heterocycles. The second kappa shape index (κ2) is 6.38. The van der Waals surface area contributed by atoms with Gasteiger partial charge in [-0.15, -0.1) is 0 Å². The summed E-state index contributed by atoms with van der Waals surface area (Å²) >= 11 is 13.5.